The maximum Gasteiger partial charge on any atom is 0.411 e. The molecule has 8 nitrogen and oxygen atoms in total. The number of nitrogens with one attached hydrogen (secondary N) is 1. The van der Waals surface area contributed by atoms with Crippen molar-refractivity contribution >= 4 is 22.7 Å². The molecule has 0 unspecified atom stereocenters. The topological polar surface area (TPSA) is 111 Å². The van der Waals surface area contributed by atoms with Crippen LogP contribution in [0.3, 0.4) is 0 Å². The third-order valence-corrected chi connectivity index (χ3v) is 4.03. The van der Waals surface area contributed by atoms with Gasteiger partial charge in [-0.2, -0.15) is 5.26 Å². The molecule has 2 aromatic carbocycles. The van der Waals surface area contributed by atoms with Crippen LogP contribution in [0.2, 0.25) is 0 Å². The Balaban J connectivity index is 1.87. The number of ether oxygens (including phenoxy) is 3. The molecule has 0 spiro atoms. The van der Waals surface area contributed by atoms with Gasteiger partial charge >= 0.3 is 11.7 Å². The van der Waals surface area contributed by atoms with Crippen LogP contribution >= 0.6 is 0 Å². The minimum absolute atomic E-state index is 0.0784. The lowest BCUT2D eigenvalue weighted by atomic mass is 10.1. The van der Waals surface area contributed by atoms with Crippen LogP contribution in [0.1, 0.15) is 18.1 Å². The molecule has 1 amide bonds. The van der Waals surface area contributed by atoms with E-state index in [9.17, 15) is 9.59 Å². The molecule has 0 radical (unpaired) electrons. The Morgan fingerprint density at radius 3 is 2.72 bits per heavy atom. The van der Waals surface area contributed by atoms with Crippen LogP contribution in [0.4, 0.5) is 10.5 Å². The van der Waals surface area contributed by atoms with Gasteiger partial charge < -0.3 is 18.6 Å². The van der Waals surface area contributed by atoms with Crippen molar-refractivity contribution in [3.8, 4) is 17.6 Å². The second-order valence-corrected chi connectivity index (χ2v) is 5.91. The smallest absolute Gasteiger partial charge is 0.411 e. The monoisotopic (exact) mass is 394 g/mol. The van der Waals surface area contributed by atoms with E-state index in [-0.39, 0.29) is 13.2 Å². The van der Waals surface area contributed by atoms with Crippen LogP contribution in [0.25, 0.3) is 11.0 Å². The zero-order chi connectivity index (χ0) is 20.8. The van der Waals surface area contributed by atoms with E-state index in [0.717, 1.165) is 0 Å². The second kappa shape index (κ2) is 8.80. The first-order chi connectivity index (χ1) is 14.0. The van der Waals surface area contributed by atoms with Gasteiger partial charge in [0, 0.05) is 34.8 Å². The lowest BCUT2D eigenvalue weighted by Crippen LogP contribution is -2.13. The van der Waals surface area contributed by atoms with Crippen molar-refractivity contribution in [1.82, 2.24) is 0 Å². The number of carbonyl (C=O) groups is 1. The summed E-state index contributed by atoms with van der Waals surface area (Å²) < 4.78 is 21.1. The summed E-state index contributed by atoms with van der Waals surface area (Å²) in [6, 6.07) is 13.1. The Morgan fingerprint density at radius 1 is 1.17 bits per heavy atom. The van der Waals surface area contributed by atoms with Crippen LogP contribution in [0.15, 0.2) is 51.7 Å². The molecule has 3 rings (SSSR count). The van der Waals surface area contributed by atoms with E-state index in [4.69, 9.17) is 23.9 Å². The third kappa shape index (κ3) is 4.65. The number of benzene rings is 2. The molecule has 3 aromatic rings. The molecule has 29 heavy (non-hydrogen) atoms. The largest absolute Gasteiger partial charge is 0.493 e. The molecular formula is C21H18N2O6. The van der Waals surface area contributed by atoms with Gasteiger partial charge in [-0.15, -0.1) is 0 Å². The molecule has 1 N–H and O–H groups in total. The van der Waals surface area contributed by atoms with Crippen LogP contribution in [0.5, 0.6) is 11.5 Å². The Labute approximate surface area is 166 Å². The van der Waals surface area contributed by atoms with Crippen molar-refractivity contribution in [2.75, 3.05) is 19.0 Å². The van der Waals surface area contributed by atoms with Crippen molar-refractivity contribution in [2.24, 2.45) is 0 Å². The SMILES string of the molecule is CCOC(=O)Nc1ccc2c(COc3ccc(C#N)cc3OC)cc(=O)oc2c1. The summed E-state index contributed by atoms with van der Waals surface area (Å²) in [5, 5.41) is 12.2. The molecule has 148 valence electrons. The summed E-state index contributed by atoms with van der Waals surface area (Å²) >= 11 is 0. The Morgan fingerprint density at radius 2 is 2.00 bits per heavy atom. The van der Waals surface area contributed by atoms with Gasteiger partial charge in [-0.25, -0.2) is 9.59 Å². The number of nitriles is 1. The van der Waals surface area contributed by atoms with E-state index in [1.807, 2.05) is 6.07 Å². The Hall–Kier alpha value is -3.99. The van der Waals surface area contributed by atoms with Gasteiger partial charge in [-0.1, -0.05) is 0 Å². The molecule has 0 fully saturated rings. The van der Waals surface area contributed by atoms with Gasteiger partial charge in [-0.3, -0.25) is 5.32 Å². The summed E-state index contributed by atoms with van der Waals surface area (Å²) in [5.41, 5.74) is 1.24. The van der Waals surface area contributed by atoms with E-state index >= 15 is 0 Å². The first-order valence-corrected chi connectivity index (χ1v) is 8.75. The van der Waals surface area contributed by atoms with Gasteiger partial charge in [-0.05, 0) is 31.2 Å². The first-order valence-electron chi connectivity index (χ1n) is 8.75. The lowest BCUT2D eigenvalue weighted by molar-refractivity contribution is 0.168. The number of carbonyl (C=O) groups excluding carboxylic acids is 1. The fraction of sp³-hybridized carbons (Fsp3) is 0.190. The molecule has 0 bridgehead atoms. The molecule has 0 saturated carbocycles. The van der Waals surface area contributed by atoms with Crippen LogP contribution < -0.4 is 20.4 Å². The lowest BCUT2D eigenvalue weighted by Gasteiger charge is -2.12. The van der Waals surface area contributed by atoms with E-state index in [0.29, 0.717) is 39.3 Å². The van der Waals surface area contributed by atoms with E-state index < -0.39 is 11.7 Å². The van der Waals surface area contributed by atoms with Crippen molar-refractivity contribution in [3.05, 3.63) is 64.0 Å². The number of hydrogen-bond donors (Lipinski definition) is 1. The number of hydrogen-bond acceptors (Lipinski definition) is 7. The van der Waals surface area contributed by atoms with Gasteiger partial charge in [0.05, 0.1) is 25.3 Å². The number of methoxy groups -OCH3 is 1. The maximum absolute atomic E-state index is 12.0. The molecule has 0 aliphatic heterocycles. The molecule has 0 atom stereocenters. The maximum atomic E-state index is 12.0. The standard InChI is InChI=1S/C21H18N2O6/c1-3-27-21(25)23-15-5-6-16-14(9-20(24)29-18(16)10-15)12-28-17-7-4-13(11-22)8-19(17)26-2/h4-10H,3,12H2,1-2H3,(H,23,25). The number of fused-ring (bicyclic) bond motifs is 1. The fourth-order valence-electron chi connectivity index (χ4n) is 2.72. The van der Waals surface area contributed by atoms with Crippen LogP contribution in [-0.4, -0.2) is 19.8 Å². The van der Waals surface area contributed by atoms with Crippen molar-refractivity contribution in [2.45, 2.75) is 13.5 Å². The predicted molar refractivity (Wildman–Crippen MR) is 105 cm³/mol. The van der Waals surface area contributed by atoms with Crippen LogP contribution in [-0.2, 0) is 11.3 Å². The molecule has 8 heteroatoms. The highest BCUT2D eigenvalue weighted by atomic mass is 16.5. The minimum Gasteiger partial charge on any atom is -0.493 e. The van der Waals surface area contributed by atoms with Crippen molar-refractivity contribution in [1.29, 1.82) is 5.26 Å². The first kappa shape index (κ1) is 19.8. The number of nitrogens with zero attached hydrogens (tertiary/aromatic N) is 1. The molecule has 0 aliphatic rings. The average Bonchev–Trinajstić information content (AvgIpc) is 2.71. The highest BCUT2D eigenvalue weighted by molar-refractivity contribution is 5.89. The third-order valence-electron chi connectivity index (χ3n) is 4.03. The summed E-state index contributed by atoms with van der Waals surface area (Å²) in [5.74, 6) is 0.853. The number of anilines is 1. The summed E-state index contributed by atoms with van der Waals surface area (Å²) in [6.07, 6.45) is -0.596. The van der Waals surface area contributed by atoms with Crippen LogP contribution in [0, 0.1) is 11.3 Å². The average molecular weight is 394 g/mol. The summed E-state index contributed by atoms with van der Waals surface area (Å²) in [4.78, 5) is 23.5. The minimum atomic E-state index is -0.596. The molecule has 1 heterocycles. The van der Waals surface area contributed by atoms with Gasteiger partial charge in [0.15, 0.2) is 11.5 Å². The second-order valence-electron chi connectivity index (χ2n) is 5.91. The highest BCUT2D eigenvalue weighted by Gasteiger charge is 2.11. The van der Waals surface area contributed by atoms with E-state index in [2.05, 4.69) is 5.32 Å². The number of rotatable bonds is 6. The normalized spacial score (nSPS) is 10.2. The zero-order valence-electron chi connectivity index (χ0n) is 15.9. The van der Waals surface area contributed by atoms with E-state index in [1.54, 1.807) is 43.3 Å². The van der Waals surface area contributed by atoms with E-state index in [1.165, 1.54) is 13.2 Å². The van der Waals surface area contributed by atoms with Crippen molar-refractivity contribution in [3.63, 3.8) is 0 Å². The molecule has 0 saturated heterocycles. The zero-order valence-corrected chi connectivity index (χ0v) is 15.9. The molecule has 1 aromatic heterocycles. The Kier molecular flexibility index (Phi) is 6.00. The van der Waals surface area contributed by atoms with Gasteiger partial charge in [0.2, 0.25) is 0 Å². The quantitative estimate of drug-likeness (QED) is 0.633. The Bertz CT molecular complexity index is 1150. The van der Waals surface area contributed by atoms with Gasteiger partial charge in [0.1, 0.15) is 12.2 Å². The molecular weight excluding hydrogens is 376 g/mol. The summed E-state index contributed by atoms with van der Waals surface area (Å²) in [7, 11) is 1.48. The molecule has 0 aliphatic carbocycles. The predicted octanol–water partition coefficient (Wildman–Crippen LogP) is 3.82. The summed E-state index contributed by atoms with van der Waals surface area (Å²) in [6.45, 7) is 2.03. The highest BCUT2D eigenvalue weighted by Crippen LogP contribution is 2.29. The van der Waals surface area contributed by atoms with Crippen molar-refractivity contribution < 1.29 is 23.4 Å². The van der Waals surface area contributed by atoms with Gasteiger partial charge in [0.25, 0.3) is 0 Å². The number of amides is 1. The fourth-order valence-corrected chi connectivity index (χ4v) is 2.72.